The number of sulfonamides is 1. The molecule has 0 amide bonds. The Balaban J connectivity index is 2.20. The van der Waals surface area contributed by atoms with Crippen molar-refractivity contribution >= 4 is 54.6 Å². The maximum absolute atomic E-state index is 12.3. The van der Waals surface area contributed by atoms with Gasteiger partial charge in [0, 0.05) is 6.07 Å². The van der Waals surface area contributed by atoms with Crippen LogP contribution < -0.4 is 9.46 Å². The Hall–Kier alpha value is -0.760. The van der Waals surface area contributed by atoms with Gasteiger partial charge >= 0.3 is 0 Å². The summed E-state index contributed by atoms with van der Waals surface area (Å²) in [6, 6.07) is 8.25. The van der Waals surface area contributed by atoms with Crippen LogP contribution in [0.5, 0.6) is 5.75 Å². The van der Waals surface area contributed by atoms with Gasteiger partial charge in [0.25, 0.3) is 10.0 Å². The smallest absolute Gasteiger partial charge is 0.271 e. The second-order valence-electron chi connectivity index (χ2n) is 4.17. The minimum absolute atomic E-state index is 0.152. The first-order chi connectivity index (χ1) is 9.92. The fourth-order valence-electron chi connectivity index (χ4n) is 1.53. The third kappa shape index (κ3) is 4.35. The quantitative estimate of drug-likeness (QED) is 0.747. The van der Waals surface area contributed by atoms with Crippen LogP contribution in [-0.4, -0.2) is 15.0 Å². The summed E-state index contributed by atoms with van der Waals surface area (Å²) < 4.78 is 33.3. The summed E-state index contributed by atoms with van der Waals surface area (Å²) in [7, 11) is -3.65. The highest BCUT2D eigenvalue weighted by Gasteiger charge is 2.19. The molecule has 0 fully saturated rings. The number of thiophene rings is 1. The van der Waals surface area contributed by atoms with Gasteiger partial charge in [0.2, 0.25) is 0 Å². The predicted molar refractivity (Wildman–Crippen MR) is 90.1 cm³/mol. The second kappa shape index (κ2) is 7.00. The molecule has 1 heterocycles. The lowest BCUT2D eigenvalue weighted by Crippen LogP contribution is -2.11. The van der Waals surface area contributed by atoms with E-state index in [9.17, 15) is 8.42 Å². The van der Waals surface area contributed by atoms with Gasteiger partial charge in [-0.15, -0.1) is 11.3 Å². The Morgan fingerprint density at radius 1 is 1.38 bits per heavy atom. The second-order valence-corrected chi connectivity index (χ2v) is 8.86. The lowest BCUT2D eigenvalue weighted by Gasteiger charge is -2.09. The summed E-state index contributed by atoms with van der Waals surface area (Å²) in [5.41, 5.74) is 0.448. The van der Waals surface area contributed by atoms with Crippen molar-refractivity contribution in [3.63, 3.8) is 0 Å². The molecule has 1 N–H and O–H groups in total. The number of halogens is 2. The number of hydrogen-bond donors (Lipinski definition) is 1. The summed E-state index contributed by atoms with van der Waals surface area (Å²) in [5, 5.41) is 0.375. The van der Waals surface area contributed by atoms with Crippen LogP contribution in [0.4, 0.5) is 5.69 Å². The molecule has 2 aromatic rings. The van der Waals surface area contributed by atoms with Gasteiger partial charge in [-0.05, 0) is 40.5 Å². The highest BCUT2D eigenvalue weighted by Crippen LogP contribution is 2.35. The molecule has 2 rings (SSSR count). The number of nitrogens with one attached hydrogen (secondary N) is 1. The molecule has 0 aliphatic rings. The fraction of sp³-hybridized carbons (Fsp3) is 0.231. The SMILES string of the molecule is CCCOc1cccc(NS(=O)(=O)c2cc(Cl)c(Br)s2)c1. The molecule has 0 saturated heterocycles. The predicted octanol–water partition coefficient (Wildman–Crippen LogP) is 4.75. The molecule has 0 aliphatic heterocycles. The molecule has 0 spiro atoms. The van der Waals surface area contributed by atoms with Crippen molar-refractivity contribution in [2.24, 2.45) is 0 Å². The molecule has 1 aromatic heterocycles. The summed E-state index contributed by atoms with van der Waals surface area (Å²) >= 11 is 10.1. The van der Waals surface area contributed by atoms with Crippen LogP contribution in [0.1, 0.15) is 13.3 Å². The molecule has 21 heavy (non-hydrogen) atoms. The van der Waals surface area contributed by atoms with Crippen LogP contribution in [0.25, 0.3) is 0 Å². The first-order valence-corrected chi connectivity index (χ1v) is 9.60. The zero-order valence-electron chi connectivity index (χ0n) is 11.1. The summed E-state index contributed by atoms with van der Waals surface area (Å²) in [6.45, 7) is 2.59. The van der Waals surface area contributed by atoms with E-state index in [1.165, 1.54) is 6.07 Å². The van der Waals surface area contributed by atoms with E-state index in [4.69, 9.17) is 16.3 Å². The Kier molecular flexibility index (Phi) is 5.54. The van der Waals surface area contributed by atoms with Crippen LogP contribution in [0.15, 0.2) is 38.3 Å². The van der Waals surface area contributed by atoms with Crippen molar-refractivity contribution in [3.8, 4) is 5.75 Å². The number of benzene rings is 1. The molecule has 0 atom stereocenters. The van der Waals surface area contributed by atoms with Crippen LogP contribution >= 0.6 is 38.9 Å². The van der Waals surface area contributed by atoms with Gasteiger partial charge in [0.15, 0.2) is 0 Å². The maximum atomic E-state index is 12.3. The highest BCUT2D eigenvalue weighted by atomic mass is 79.9. The van der Waals surface area contributed by atoms with Gasteiger partial charge in [-0.1, -0.05) is 24.6 Å². The minimum atomic E-state index is -3.65. The standard InChI is InChI=1S/C13H13BrClNO3S2/c1-2-6-19-10-5-3-4-9(7-10)16-21(17,18)12-8-11(15)13(14)20-12/h3-5,7-8,16H,2,6H2,1H3. The minimum Gasteiger partial charge on any atom is -0.494 e. The fourth-order valence-corrected chi connectivity index (χ4v) is 4.98. The number of anilines is 1. The molecule has 0 unspecified atom stereocenters. The van der Waals surface area contributed by atoms with E-state index in [0.717, 1.165) is 17.8 Å². The first kappa shape index (κ1) is 16.6. The molecule has 0 saturated carbocycles. The van der Waals surface area contributed by atoms with Crippen molar-refractivity contribution in [2.75, 3.05) is 11.3 Å². The van der Waals surface area contributed by atoms with Crippen molar-refractivity contribution in [1.29, 1.82) is 0 Å². The Morgan fingerprint density at radius 2 is 2.14 bits per heavy atom. The van der Waals surface area contributed by atoms with Crippen molar-refractivity contribution in [2.45, 2.75) is 17.6 Å². The molecule has 114 valence electrons. The monoisotopic (exact) mass is 409 g/mol. The van der Waals surface area contributed by atoms with Crippen LogP contribution in [0, 0.1) is 0 Å². The van der Waals surface area contributed by atoms with Crippen molar-refractivity contribution in [3.05, 3.63) is 39.1 Å². The Morgan fingerprint density at radius 3 is 2.76 bits per heavy atom. The molecule has 0 radical (unpaired) electrons. The van der Waals surface area contributed by atoms with Gasteiger partial charge in [0.1, 0.15) is 9.96 Å². The van der Waals surface area contributed by atoms with E-state index >= 15 is 0 Å². The Bertz CT molecular complexity index is 711. The molecule has 8 heteroatoms. The zero-order chi connectivity index (χ0) is 15.5. The first-order valence-electron chi connectivity index (χ1n) is 6.13. The third-order valence-corrected chi connectivity index (χ3v) is 6.78. The zero-order valence-corrected chi connectivity index (χ0v) is 15.1. The molecular weight excluding hydrogens is 398 g/mol. The highest BCUT2D eigenvalue weighted by molar-refractivity contribution is 9.11. The Labute approximate surface area is 141 Å². The van der Waals surface area contributed by atoms with Gasteiger partial charge in [-0.25, -0.2) is 8.42 Å². The number of ether oxygens (including phenoxy) is 1. The largest absolute Gasteiger partial charge is 0.494 e. The summed E-state index contributed by atoms with van der Waals surface area (Å²) in [6.07, 6.45) is 0.887. The summed E-state index contributed by atoms with van der Waals surface area (Å²) in [4.78, 5) is 0. The number of rotatable bonds is 6. The van der Waals surface area contributed by atoms with Crippen LogP contribution in [-0.2, 0) is 10.0 Å². The number of hydrogen-bond acceptors (Lipinski definition) is 4. The van der Waals surface area contributed by atoms with Crippen molar-refractivity contribution in [1.82, 2.24) is 0 Å². The maximum Gasteiger partial charge on any atom is 0.271 e. The van der Waals surface area contributed by atoms with E-state index in [1.807, 2.05) is 6.92 Å². The lowest BCUT2D eigenvalue weighted by atomic mass is 10.3. The van der Waals surface area contributed by atoms with Gasteiger partial charge in [-0.3, -0.25) is 4.72 Å². The van der Waals surface area contributed by atoms with E-state index < -0.39 is 10.0 Å². The van der Waals surface area contributed by atoms with Gasteiger partial charge in [-0.2, -0.15) is 0 Å². The normalized spacial score (nSPS) is 11.4. The van der Waals surface area contributed by atoms with Crippen LogP contribution in [0.2, 0.25) is 5.02 Å². The molecule has 0 aliphatic carbocycles. The van der Waals surface area contributed by atoms with E-state index in [-0.39, 0.29) is 4.21 Å². The van der Waals surface area contributed by atoms with E-state index in [1.54, 1.807) is 24.3 Å². The van der Waals surface area contributed by atoms with Crippen molar-refractivity contribution < 1.29 is 13.2 Å². The van der Waals surface area contributed by atoms with Gasteiger partial charge in [0.05, 0.1) is 21.1 Å². The lowest BCUT2D eigenvalue weighted by molar-refractivity contribution is 0.317. The molecule has 0 bridgehead atoms. The topological polar surface area (TPSA) is 55.4 Å². The average molecular weight is 411 g/mol. The van der Waals surface area contributed by atoms with E-state index in [2.05, 4.69) is 20.7 Å². The molecule has 4 nitrogen and oxygen atoms in total. The third-order valence-electron chi connectivity index (χ3n) is 2.45. The molecule has 1 aromatic carbocycles. The van der Waals surface area contributed by atoms with Crippen LogP contribution in [0.3, 0.4) is 0 Å². The molecular formula is C13H13BrClNO3S2. The van der Waals surface area contributed by atoms with E-state index in [0.29, 0.717) is 26.9 Å². The average Bonchev–Trinajstić information content (AvgIpc) is 2.77. The van der Waals surface area contributed by atoms with Gasteiger partial charge < -0.3 is 4.74 Å². The summed E-state index contributed by atoms with van der Waals surface area (Å²) in [5.74, 6) is 0.627.